The first-order valence-electron chi connectivity index (χ1n) is 11.7. The summed E-state index contributed by atoms with van der Waals surface area (Å²) >= 11 is 12.1. The quantitative estimate of drug-likeness (QED) is 0.248. The van der Waals surface area contributed by atoms with Crippen LogP contribution >= 0.6 is 23.8 Å². The van der Waals surface area contributed by atoms with Crippen molar-refractivity contribution in [3.8, 4) is 11.4 Å². The number of ether oxygens (including phenoxy) is 1. The normalized spacial score (nSPS) is 17.1. The maximum absolute atomic E-state index is 11.9. The van der Waals surface area contributed by atoms with Crippen LogP contribution in [0, 0.1) is 13.8 Å². The SMILES string of the molecule is COC(=O)c1ccc(-n2c(C)cc([C@@H]3[C@@H](c4ccccn4)NC(=S)N3c3cc(Cl)ccc3O)c2C)cc1. The van der Waals surface area contributed by atoms with Crippen LogP contribution in [0.2, 0.25) is 5.02 Å². The largest absolute Gasteiger partial charge is 0.506 e. The summed E-state index contributed by atoms with van der Waals surface area (Å²) in [4.78, 5) is 18.4. The van der Waals surface area contributed by atoms with Gasteiger partial charge in [0.05, 0.1) is 36.1 Å². The fraction of sp³-hybridized carbons (Fsp3) is 0.179. The first kappa shape index (κ1) is 24.8. The fourth-order valence-electron chi connectivity index (χ4n) is 4.97. The van der Waals surface area contributed by atoms with Crippen LogP contribution in [-0.4, -0.2) is 32.8 Å². The van der Waals surface area contributed by atoms with Gasteiger partial charge in [0.15, 0.2) is 5.11 Å². The van der Waals surface area contributed by atoms with Gasteiger partial charge >= 0.3 is 5.97 Å². The summed E-state index contributed by atoms with van der Waals surface area (Å²) in [5.74, 6) is -0.304. The summed E-state index contributed by atoms with van der Waals surface area (Å²) in [5, 5.41) is 15.2. The lowest BCUT2D eigenvalue weighted by atomic mass is 9.96. The summed E-state index contributed by atoms with van der Waals surface area (Å²) in [6, 6.07) is 19.5. The molecule has 0 amide bonds. The van der Waals surface area contributed by atoms with Crippen molar-refractivity contribution in [3.63, 3.8) is 0 Å². The number of hydrogen-bond acceptors (Lipinski definition) is 5. The number of aromatic nitrogens is 2. The number of methoxy groups -OCH3 is 1. The second-order valence-electron chi connectivity index (χ2n) is 8.83. The Labute approximate surface area is 225 Å². The third-order valence-electron chi connectivity index (χ3n) is 6.63. The molecule has 2 atom stereocenters. The lowest BCUT2D eigenvalue weighted by Crippen LogP contribution is -2.29. The van der Waals surface area contributed by atoms with E-state index in [1.807, 2.05) is 49.1 Å². The molecule has 2 N–H and O–H groups in total. The Morgan fingerprint density at radius 1 is 1.11 bits per heavy atom. The molecule has 9 heteroatoms. The zero-order chi connectivity index (χ0) is 26.3. The number of nitrogens with one attached hydrogen (secondary N) is 1. The van der Waals surface area contributed by atoms with Gasteiger partial charge in [-0.1, -0.05) is 17.7 Å². The molecule has 4 aromatic rings. The molecule has 3 heterocycles. The number of phenolic OH excluding ortho intramolecular Hbond substituents is 1. The minimum atomic E-state index is -0.381. The van der Waals surface area contributed by atoms with Crippen molar-refractivity contribution in [2.75, 3.05) is 12.0 Å². The molecule has 188 valence electrons. The number of halogens is 1. The number of anilines is 1. The maximum atomic E-state index is 11.9. The standard InChI is InChI=1S/C28H25ClN4O3S/c1-16-14-21(17(2)32(16)20-10-7-18(8-11-20)27(35)36-3)26-25(22-6-4-5-13-30-22)31-28(37)33(26)23-15-19(29)9-12-24(23)34/h4-15,25-26,34H,1-3H3,(H,31,37)/t25-,26-/m1/s1. The second kappa shape index (κ2) is 9.88. The lowest BCUT2D eigenvalue weighted by molar-refractivity contribution is 0.0600. The number of phenols is 1. The average Bonchev–Trinajstić information content (AvgIpc) is 3.40. The van der Waals surface area contributed by atoms with Crippen molar-refractivity contribution in [1.29, 1.82) is 0 Å². The third kappa shape index (κ3) is 4.43. The highest BCUT2D eigenvalue weighted by Gasteiger charge is 2.43. The van der Waals surface area contributed by atoms with Crippen LogP contribution in [0.3, 0.4) is 0 Å². The lowest BCUT2D eigenvalue weighted by Gasteiger charge is -2.28. The molecule has 1 fully saturated rings. The number of esters is 1. The van der Waals surface area contributed by atoms with Crippen LogP contribution in [0.5, 0.6) is 5.75 Å². The van der Waals surface area contributed by atoms with E-state index in [1.54, 1.807) is 36.5 Å². The summed E-state index contributed by atoms with van der Waals surface area (Å²) in [7, 11) is 1.37. The molecular formula is C28H25ClN4O3S. The summed E-state index contributed by atoms with van der Waals surface area (Å²) in [6.07, 6.45) is 1.75. The Morgan fingerprint density at radius 2 is 1.86 bits per heavy atom. The highest BCUT2D eigenvalue weighted by atomic mass is 35.5. The van der Waals surface area contributed by atoms with E-state index in [0.29, 0.717) is 21.4 Å². The van der Waals surface area contributed by atoms with Crippen LogP contribution in [0.4, 0.5) is 5.69 Å². The Kier molecular flexibility index (Phi) is 6.62. The van der Waals surface area contributed by atoms with Gasteiger partial charge in [-0.25, -0.2) is 4.79 Å². The highest BCUT2D eigenvalue weighted by molar-refractivity contribution is 7.80. The molecule has 0 unspecified atom stereocenters. The molecule has 2 aromatic heterocycles. The van der Waals surface area contributed by atoms with E-state index in [-0.39, 0.29) is 23.8 Å². The minimum absolute atomic E-state index is 0.0763. The molecule has 1 aliphatic rings. The Bertz CT molecular complexity index is 1490. The van der Waals surface area contributed by atoms with Gasteiger partial charge in [-0.15, -0.1) is 0 Å². The number of aromatic hydroxyl groups is 1. The molecule has 0 radical (unpaired) electrons. The number of rotatable bonds is 5. The van der Waals surface area contributed by atoms with Crippen LogP contribution in [0.15, 0.2) is 72.9 Å². The zero-order valence-corrected chi connectivity index (χ0v) is 22.0. The molecule has 7 nitrogen and oxygen atoms in total. The van der Waals surface area contributed by atoms with Crippen molar-refractivity contribution >= 4 is 40.6 Å². The highest BCUT2D eigenvalue weighted by Crippen LogP contribution is 2.46. The van der Waals surface area contributed by atoms with Gasteiger partial charge in [0, 0.05) is 28.3 Å². The summed E-state index contributed by atoms with van der Waals surface area (Å²) < 4.78 is 6.96. The van der Waals surface area contributed by atoms with Crippen LogP contribution < -0.4 is 10.2 Å². The van der Waals surface area contributed by atoms with E-state index < -0.39 is 0 Å². The minimum Gasteiger partial charge on any atom is -0.506 e. The van der Waals surface area contributed by atoms with Crippen LogP contribution in [-0.2, 0) is 4.74 Å². The van der Waals surface area contributed by atoms with E-state index in [4.69, 9.17) is 28.6 Å². The van der Waals surface area contributed by atoms with Crippen molar-refractivity contribution < 1.29 is 14.6 Å². The van der Waals surface area contributed by atoms with Gasteiger partial charge in [0.25, 0.3) is 0 Å². The molecule has 0 aliphatic carbocycles. The molecule has 1 saturated heterocycles. The number of aryl methyl sites for hydroxylation is 1. The van der Waals surface area contributed by atoms with E-state index in [0.717, 1.165) is 28.3 Å². The van der Waals surface area contributed by atoms with Crippen molar-refractivity contribution in [2.24, 2.45) is 0 Å². The van der Waals surface area contributed by atoms with Gasteiger partial charge in [-0.3, -0.25) is 4.98 Å². The Balaban J connectivity index is 1.66. The van der Waals surface area contributed by atoms with Gasteiger partial charge in [-0.05, 0) is 92.3 Å². The number of hydrogen-bond donors (Lipinski definition) is 2. The topological polar surface area (TPSA) is 79.6 Å². The third-order valence-corrected chi connectivity index (χ3v) is 7.18. The first-order valence-corrected chi connectivity index (χ1v) is 12.5. The summed E-state index contributed by atoms with van der Waals surface area (Å²) in [6.45, 7) is 4.08. The number of carbonyl (C=O) groups is 1. The molecule has 0 bridgehead atoms. The van der Waals surface area contributed by atoms with Crippen LogP contribution in [0.1, 0.15) is 45.1 Å². The van der Waals surface area contributed by atoms with Crippen molar-refractivity contribution in [3.05, 3.63) is 106 Å². The smallest absolute Gasteiger partial charge is 0.337 e. The molecule has 0 saturated carbocycles. The molecular weight excluding hydrogens is 508 g/mol. The van der Waals surface area contributed by atoms with Gasteiger partial charge in [-0.2, -0.15) is 0 Å². The van der Waals surface area contributed by atoms with E-state index in [9.17, 15) is 9.90 Å². The van der Waals surface area contributed by atoms with Gasteiger partial charge in [0.1, 0.15) is 5.75 Å². The molecule has 0 spiro atoms. The predicted molar refractivity (Wildman–Crippen MR) is 148 cm³/mol. The second-order valence-corrected chi connectivity index (χ2v) is 9.65. The average molecular weight is 533 g/mol. The van der Waals surface area contributed by atoms with E-state index in [2.05, 4.69) is 20.9 Å². The Hall–Kier alpha value is -3.88. The number of carbonyl (C=O) groups excluding carboxylic acids is 1. The fourth-order valence-corrected chi connectivity index (χ4v) is 5.47. The molecule has 1 aliphatic heterocycles. The number of pyridine rings is 1. The molecule has 2 aromatic carbocycles. The Morgan fingerprint density at radius 3 is 2.54 bits per heavy atom. The van der Waals surface area contributed by atoms with Gasteiger partial charge in [0.2, 0.25) is 0 Å². The van der Waals surface area contributed by atoms with E-state index >= 15 is 0 Å². The van der Waals surface area contributed by atoms with Gasteiger partial charge < -0.3 is 24.6 Å². The molecule has 5 rings (SSSR count). The first-order chi connectivity index (χ1) is 17.8. The summed E-state index contributed by atoms with van der Waals surface area (Å²) in [5.41, 5.74) is 5.74. The van der Waals surface area contributed by atoms with E-state index in [1.165, 1.54) is 7.11 Å². The predicted octanol–water partition coefficient (Wildman–Crippen LogP) is 5.81. The zero-order valence-electron chi connectivity index (χ0n) is 20.5. The van der Waals surface area contributed by atoms with Crippen molar-refractivity contribution in [2.45, 2.75) is 25.9 Å². The van der Waals surface area contributed by atoms with Crippen LogP contribution in [0.25, 0.3) is 5.69 Å². The van der Waals surface area contributed by atoms with Crippen molar-refractivity contribution in [1.82, 2.24) is 14.9 Å². The number of thiocarbonyl (C=S) groups is 1. The molecule has 37 heavy (non-hydrogen) atoms. The maximum Gasteiger partial charge on any atom is 0.337 e. The number of benzene rings is 2. The monoisotopic (exact) mass is 532 g/mol. The number of nitrogens with zero attached hydrogens (tertiary/aromatic N) is 3.